The molecular weight excluding hydrogens is 331 g/mol. The molecule has 3 aromatic rings. The number of rotatable bonds is 3. The molecule has 1 saturated heterocycles. The van der Waals surface area contributed by atoms with Crippen LogP contribution in [0.5, 0.6) is 0 Å². The maximum atomic E-state index is 13.8. The number of aromatic nitrogens is 3. The Kier molecular flexibility index (Phi) is 4.18. The van der Waals surface area contributed by atoms with Crippen LogP contribution in [0.1, 0.15) is 41.0 Å². The number of halogens is 1. The number of hydrogen-bond acceptors (Lipinski definition) is 3. The third kappa shape index (κ3) is 2.75. The number of aryl methyl sites for hydroxylation is 2. The Balaban J connectivity index is 1.59. The average molecular weight is 352 g/mol. The largest absolute Gasteiger partial charge is 0.338 e. The van der Waals surface area contributed by atoms with Crippen molar-refractivity contribution in [3.63, 3.8) is 0 Å². The van der Waals surface area contributed by atoms with Gasteiger partial charge in [0.25, 0.3) is 5.91 Å². The van der Waals surface area contributed by atoms with E-state index in [0.29, 0.717) is 24.2 Å². The number of likely N-dealkylation sites (tertiary alicyclic amines) is 1. The van der Waals surface area contributed by atoms with Gasteiger partial charge in [0.05, 0.1) is 0 Å². The summed E-state index contributed by atoms with van der Waals surface area (Å²) in [6.45, 7) is 5.80. The van der Waals surface area contributed by atoms with E-state index in [1.165, 1.54) is 6.07 Å². The topological polar surface area (TPSA) is 51.0 Å². The molecule has 1 fully saturated rings. The molecule has 26 heavy (non-hydrogen) atoms. The van der Waals surface area contributed by atoms with Crippen LogP contribution in [0.15, 0.2) is 36.5 Å². The summed E-state index contributed by atoms with van der Waals surface area (Å²) in [5.41, 5.74) is 2.72. The van der Waals surface area contributed by atoms with E-state index in [1.807, 2.05) is 12.1 Å². The van der Waals surface area contributed by atoms with Crippen molar-refractivity contribution >= 4 is 17.1 Å². The second-order valence-electron chi connectivity index (χ2n) is 6.76. The molecule has 3 heterocycles. The maximum Gasteiger partial charge on any atom is 0.253 e. The van der Waals surface area contributed by atoms with E-state index in [1.54, 1.807) is 30.2 Å². The van der Waals surface area contributed by atoms with Crippen LogP contribution in [0.4, 0.5) is 4.39 Å². The zero-order valence-corrected chi connectivity index (χ0v) is 14.9. The van der Waals surface area contributed by atoms with Gasteiger partial charge in [0.2, 0.25) is 0 Å². The van der Waals surface area contributed by atoms with Crippen LogP contribution >= 0.6 is 0 Å². The number of imidazole rings is 1. The quantitative estimate of drug-likeness (QED) is 0.725. The molecule has 0 spiro atoms. The molecule has 0 radical (unpaired) electrons. The summed E-state index contributed by atoms with van der Waals surface area (Å²) in [6, 6.07) is 8.52. The highest BCUT2D eigenvalue weighted by Gasteiger charge is 2.31. The summed E-state index contributed by atoms with van der Waals surface area (Å²) < 4.78 is 15.9. The summed E-state index contributed by atoms with van der Waals surface area (Å²) in [5.74, 6) is 0.684. The van der Waals surface area contributed by atoms with E-state index in [4.69, 9.17) is 4.98 Å². The fourth-order valence-electron chi connectivity index (χ4n) is 3.66. The lowest BCUT2D eigenvalue weighted by atomic mass is 10.1. The second-order valence-corrected chi connectivity index (χ2v) is 6.76. The highest BCUT2D eigenvalue weighted by molar-refractivity contribution is 5.94. The number of hydrogen-bond donors (Lipinski definition) is 0. The van der Waals surface area contributed by atoms with Gasteiger partial charge in [-0.1, -0.05) is 6.07 Å². The summed E-state index contributed by atoms with van der Waals surface area (Å²) in [7, 11) is 0. The first-order valence-corrected chi connectivity index (χ1v) is 8.95. The highest BCUT2D eigenvalue weighted by atomic mass is 19.1. The zero-order chi connectivity index (χ0) is 18.3. The van der Waals surface area contributed by atoms with Crippen molar-refractivity contribution in [1.29, 1.82) is 0 Å². The van der Waals surface area contributed by atoms with E-state index < -0.39 is 0 Å². The molecule has 6 heteroatoms. The lowest BCUT2D eigenvalue weighted by molar-refractivity contribution is 0.0790. The van der Waals surface area contributed by atoms with Gasteiger partial charge in [-0.15, -0.1) is 0 Å². The number of benzene rings is 1. The number of fused-ring (bicyclic) bond motifs is 1. The van der Waals surface area contributed by atoms with Crippen LogP contribution in [0.3, 0.4) is 0 Å². The van der Waals surface area contributed by atoms with Crippen LogP contribution < -0.4 is 0 Å². The molecule has 0 aliphatic carbocycles. The molecule has 0 N–H and O–H groups in total. The fourth-order valence-corrected chi connectivity index (χ4v) is 3.66. The predicted octanol–water partition coefficient (Wildman–Crippen LogP) is 3.53. The van der Waals surface area contributed by atoms with Gasteiger partial charge in [0.1, 0.15) is 17.2 Å². The number of pyridine rings is 1. The molecule has 2 aromatic heterocycles. The van der Waals surface area contributed by atoms with Crippen LogP contribution in [0.25, 0.3) is 11.2 Å². The zero-order valence-electron chi connectivity index (χ0n) is 14.9. The lowest BCUT2D eigenvalue weighted by Gasteiger charge is -2.17. The van der Waals surface area contributed by atoms with Crippen molar-refractivity contribution in [1.82, 2.24) is 19.4 Å². The first kappa shape index (κ1) is 16.7. The van der Waals surface area contributed by atoms with Gasteiger partial charge in [-0.05, 0) is 50.1 Å². The summed E-state index contributed by atoms with van der Waals surface area (Å²) in [4.78, 5) is 23.7. The van der Waals surface area contributed by atoms with Gasteiger partial charge < -0.3 is 9.47 Å². The first-order valence-electron chi connectivity index (χ1n) is 8.95. The molecule has 5 nitrogen and oxygen atoms in total. The second kappa shape index (κ2) is 6.52. The molecule has 1 aliphatic heterocycles. The number of carbonyl (C=O) groups is 1. The van der Waals surface area contributed by atoms with Crippen molar-refractivity contribution in [2.24, 2.45) is 0 Å². The van der Waals surface area contributed by atoms with Crippen molar-refractivity contribution in [3.05, 3.63) is 59.3 Å². The summed E-state index contributed by atoms with van der Waals surface area (Å²) in [6.07, 6.45) is 2.62. The molecule has 1 aliphatic rings. The molecule has 134 valence electrons. The summed E-state index contributed by atoms with van der Waals surface area (Å²) >= 11 is 0. The minimum Gasteiger partial charge on any atom is -0.338 e. The van der Waals surface area contributed by atoms with Crippen molar-refractivity contribution < 1.29 is 9.18 Å². The minimum atomic E-state index is -0.342. The Morgan fingerprint density at radius 2 is 2.19 bits per heavy atom. The van der Waals surface area contributed by atoms with Gasteiger partial charge in [-0.25, -0.2) is 14.4 Å². The minimum absolute atomic E-state index is 0.122. The van der Waals surface area contributed by atoms with Gasteiger partial charge in [0.15, 0.2) is 5.65 Å². The Hall–Kier alpha value is -2.76. The Morgan fingerprint density at radius 1 is 1.35 bits per heavy atom. The smallest absolute Gasteiger partial charge is 0.253 e. The van der Waals surface area contributed by atoms with Gasteiger partial charge >= 0.3 is 0 Å². The van der Waals surface area contributed by atoms with E-state index in [0.717, 1.165) is 30.0 Å². The van der Waals surface area contributed by atoms with Crippen molar-refractivity contribution in [2.75, 3.05) is 13.1 Å². The third-order valence-corrected chi connectivity index (χ3v) is 5.11. The van der Waals surface area contributed by atoms with E-state index in [-0.39, 0.29) is 17.6 Å². The van der Waals surface area contributed by atoms with E-state index >= 15 is 0 Å². The van der Waals surface area contributed by atoms with Gasteiger partial charge in [-0.2, -0.15) is 0 Å². The molecular formula is C20H21FN4O. The molecule has 4 rings (SSSR count). The average Bonchev–Trinajstić information content (AvgIpc) is 3.27. The van der Waals surface area contributed by atoms with Gasteiger partial charge in [0, 0.05) is 37.3 Å². The lowest BCUT2D eigenvalue weighted by Crippen LogP contribution is -2.28. The first-order chi connectivity index (χ1) is 12.6. The molecule has 1 aromatic carbocycles. The van der Waals surface area contributed by atoms with Crippen LogP contribution in [0.2, 0.25) is 0 Å². The fraction of sp³-hybridized carbons (Fsp3) is 0.350. The number of nitrogens with zero attached hydrogens (tertiary/aromatic N) is 4. The van der Waals surface area contributed by atoms with Crippen LogP contribution in [0, 0.1) is 12.7 Å². The van der Waals surface area contributed by atoms with Crippen molar-refractivity contribution in [3.8, 4) is 0 Å². The Bertz CT molecular complexity index is 981. The van der Waals surface area contributed by atoms with E-state index in [2.05, 4.69) is 16.5 Å². The Morgan fingerprint density at radius 3 is 2.96 bits per heavy atom. The standard InChI is InChI=1S/C20H21FN4O/c1-3-25-18(23-17-5-4-9-22-19(17)25)15-8-10-24(12-15)20(26)14-7-6-13(2)16(21)11-14/h4-7,9,11,15H,3,8,10,12H2,1-2H3/t15-/m1/s1. The summed E-state index contributed by atoms with van der Waals surface area (Å²) in [5, 5.41) is 0. The SMILES string of the molecule is CCn1c([C@@H]2CCN(C(=O)c3ccc(C)c(F)c3)C2)nc2cccnc21. The van der Waals surface area contributed by atoms with E-state index in [9.17, 15) is 9.18 Å². The van der Waals surface area contributed by atoms with Crippen LogP contribution in [-0.2, 0) is 6.54 Å². The number of amides is 1. The molecule has 0 saturated carbocycles. The predicted molar refractivity (Wildman–Crippen MR) is 97.6 cm³/mol. The normalized spacial score (nSPS) is 17.2. The molecule has 0 unspecified atom stereocenters. The number of carbonyl (C=O) groups excluding carboxylic acids is 1. The molecule has 0 bridgehead atoms. The molecule has 1 amide bonds. The highest BCUT2D eigenvalue weighted by Crippen LogP contribution is 2.30. The molecule has 1 atom stereocenters. The third-order valence-electron chi connectivity index (χ3n) is 5.11. The Labute approximate surface area is 151 Å². The van der Waals surface area contributed by atoms with Gasteiger partial charge in [-0.3, -0.25) is 4.79 Å². The maximum absolute atomic E-state index is 13.8. The van der Waals surface area contributed by atoms with Crippen LogP contribution in [-0.4, -0.2) is 38.4 Å². The monoisotopic (exact) mass is 352 g/mol. The van der Waals surface area contributed by atoms with Crippen molar-refractivity contribution in [2.45, 2.75) is 32.7 Å².